The zero-order valence-corrected chi connectivity index (χ0v) is 19.5. The molecule has 1 aromatic carbocycles. The molecule has 0 spiro atoms. The number of rotatable bonds is 13. The van der Waals surface area contributed by atoms with Crippen LogP contribution >= 0.6 is 0 Å². The Morgan fingerprint density at radius 3 is 2.13 bits per heavy atom. The lowest BCUT2D eigenvalue weighted by Gasteiger charge is -2.26. The monoisotopic (exact) mass is 420 g/mol. The van der Waals surface area contributed by atoms with Gasteiger partial charge in [0, 0.05) is 23.4 Å². The third-order valence-corrected chi connectivity index (χ3v) is 7.57. The fraction of sp³-hybridized carbons (Fsp3) is 0.643. The SMILES string of the molecule is CCCCCCCCCCc1cnc(-c2ccc(OCC34CCC(CC3)C4)cc2)nc1. The summed E-state index contributed by atoms with van der Waals surface area (Å²) in [4.78, 5) is 9.23. The molecule has 2 aromatic rings. The molecule has 0 radical (unpaired) electrons. The molecule has 0 aliphatic heterocycles. The number of aryl methyl sites for hydroxylation is 1. The minimum Gasteiger partial charge on any atom is -0.493 e. The molecule has 3 nitrogen and oxygen atoms in total. The first-order valence-corrected chi connectivity index (χ1v) is 12.8. The second-order valence-electron chi connectivity index (χ2n) is 10.1. The van der Waals surface area contributed by atoms with Crippen LogP contribution in [-0.2, 0) is 6.42 Å². The van der Waals surface area contributed by atoms with Gasteiger partial charge in [0.15, 0.2) is 5.82 Å². The Hall–Kier alpha value is -1.90. The molecule has 0 saturated heterocycles. The van der Waals surface area contributed by atoms with Crippen molar-refractivity contribution in [1.29, 1.82) is 0 Å². The Labute approximate surface area is 189 Å². The molecular formula is C28H40N2O. The van der Waals surface area contributed by atoms with Gasteiger partial charge in [-0.25, -0.2) is 9.97 Å². The Kier molecular flexibility index (Phi) is 7.99. The Morgan fingerprint density at radius 1 is 0.871 bits per heavy atom. The first kappa shape index (κ1) is 22.3. The molecule has 4 rings (SSSR count). The minimum absolute atomic E-state index is 0.470. The van der Waals surface area contributed by atoms with E-state index in [1.165, 1.54) is 89.0 Å². The van der Waals surface area contributed by atoms with Crippen LogP contribution in [0.15, 0.2) is 36.7 Å². The van der Waals surface area contributed by atoms with E-state index in [4.69, 9.17) is 4.74 Å². The smallest absolute Gasteiger partial charge is 0.159 e. The van der Waals surface area contributed by atoms with Crippen LogP contribution in [0.4, 0.5) is 0 Å². The average Bonchev–Trinajstić information content (AvgIpc) is 3.42. The molecule has 2 bridgehead atoms. The summed E-state index contributed by atoms with van der Waals surface area (Å²) in [5.74, 6) is 2.75. The molecule has 0 unspecified atom stereocenters. The lowest BCUT2D eigenvalue weighted by atomic mass is 9.85. The van der Waals surface area contributed by atoms with E-state index in [1.807, 2.05) is 12.4 Å². The van der Waals surface area contributed by atoms with Gasteiger partial charge in [-0.2, -0.15) is 0 Å². The van der Waals surface area contributed by atoms with Crippen LogP contribution in [0.3, 0.4) is 0 Å². The van der Waals surface area contributed by atoms with E-state index in [0.29, 0.717) is 5.41 Å². The summed E-state index contributed by atoms with van der Waals surface area (Å²) in [6.07, 6.45) is 22.8. The van der Waals surface area contributed by atoms with Crippen LogP contribution in [-0.4, -0.2) is 16.6 Å². The highest BCUT2D eigenvalue weighted by atomic mass is 16.5. The molecule has 31 heavy (non-hydrogen) atoms. The van der Waals surface area contributed by atoms with Crippen LogP contribution in [0.5, 0.6) is 5.75 Å². The predicted molar refractivity (Wildman–Crippen MR) is 128 cm³/mol. The second kappa shape index (κ2) is 11.1. The van der Waals surface area contributed by atoms with E-state index in [9.17, 15) is 0 Å². The molecule has 2 saturated carbocycles. The van der Waals surface area contributed by atoms with E-state index in [0.717, 1.165) is 36.1 Å². The summed E-state index contributed by atoms with van der Waals surface area (Å²) in [6, 6.07) is 8.33. The van der Waals surface area contributed by atoms with Gasteiger partial charge in [0.1, 0.15) is 5.75 Å². The van der Waals surface area contributed by atoms with Gasteiger partial charge < -0.3 is 4.74 Å². The number of unbranched alkanes of at least 4 members (excludes halogenated alkanes) is 7. The number of nitrogens with zero attached hydrogens (tertiary/aromatic N) is 2. The van der Waals surface area contributed by atoms with E-state index in [-0.39, 0.29) is 0 Å². The van der Waals surface area contributed by atoms with Crippen LogP contribution in [0.25, 0.3) is 11.4 Å². The van der Waals surface area contributed by atoms with Crippen LogP contribution in [0.1, 0.15) is 96.0 Å². The maximum absolute atomic E-state index is 6.17. The number of hydrogen-bond donors (Lipinski definition) is 0. The lowest BCUT2D eigenvalue weighted by molar-refractivity contribution is 0.152. The molecule has 3 heteroatoms. The van der Waals surface area contributed by atoms with Crippen molar-refractivity contribution >= 4 is 0 Å². The quantitative estimate of drug-likeness (QED) is 0.310. The van der Waals surface area contributed by atoms with Gasteiger partial charge in [-0.05, 0) is 80.7 Å². The molecule has 2 aliphatic carbocycles. The molecular weight excluding hydrogens is 380 g/mol. The highest BCUT2D eigenvalue weighted by Gasteiger charge is 2.45. The van der Waals surface area contributed by atoms with Gasteiger partial charge >= 0.3 is 0 Å². The Balaban J connectivity index is 1.18. The molecule has 1 aromatic heterocycles. The topological polar surface area (TPSA) is 35.0 Å². The van der Waals surface area contributed by atoms with Crippen molar-refractivity contribution in [2.75, 3.05) is 6.61 Å². The number of ether oxygens (including phenoxy) is 1. The van der Waals surface area contributed by atoms with Crippen molar-refractivity contribution in [3.63, 3.8) is 0 Å². The van der Waals surface area contributed by atoms with Gasteiger partial charge in [0.2, 0.25) is 0 Å². The maximum Gasteiger partial charge on any atom is 0.159 e. The van der Waals surface area contributed by atoms with Gasteiger partial charge in [-0.3, -0.25) is 0 Å². The van der Waals surface area contributed by atoms with E-state index in [2.05, 4.69) is 41.2 Å². The maximum atomic E-state index is 6.17. The molecule has 0 amide bonds. The summed E-state index contributed by atoms with van der Waals surface area (Å²) in [7, 11) is 0. The molecule has 2 fully saturated rings. The standard InChI is InChI=1S/C28H40N2O/c1-2-3-4-5-6-7-8-9-10-24-20-29-27(30-21-24)25-11-13-26(14-12-25)31-22-28-17-15-23(19-28)16-18-28/h11-14,20-21,23H,2-10,15-19,22H2,1H3. The van der Waals surface area contributed by atoms with Crippen molar-refractivity contribution in [3.8, 4) is 17.1 Å². The van der Waals surface area contributed by atoms with Crippen molar-refractivity contribution in [2.45, 2.75) is 96.8 Å². The van der Waals surface area contributed by atoms with E-state index < -0.39 is 0 Å². The van der Waals surface area contributed by atoms with Crippen molar-refractivity contribution < 1.29 is 4.74 Å². The Morgan fingerprint density at radius 2 is 1.52 bits per heavy atom. The number of fused-ring (bicyclic) bond motifs is 2. The third kappa shape index (κ3) is 6.30. The van der Waals surface area contributed by atoms with Crippen molar-refractivity contribution in [2.24, 2.45) is 11.3 Å². The minimum atomic E-state index is 0.470. The van der Waals surface area contributed by atoms with Crippen molar-refractivity contribution in [1.82, 2.24) is 9.97 Å². The summed E-state index contributed by atoms with van der Waals surface area (Å²) in [5.41, 5.74) is 2.78. The Bertz CT molecular complexity index is 776. The van der Waals surface area contributed by atoms with Gasteiger partial charge in [0.05, 0.1) is 6.61 Å². The van der Waals surface area contributed by atoms with Crippen LogP contribution in [0, 0.1) is 11.3 Å². The normalized spacial score (nSPS) is 22.2. The first-order valence-electron chi connectivity index (χ1n) is 12.8. The molecule has 0 N–H and O–H groups in total. The third-order valence-electron chi connectivity index (χ3n) is 7.57. The van der Waals surface area contributed by atoms with Crippen LogP contribution < -0.4 is 4.74 Å². The largest absolute Gasteiger partial charge is 0.493 e. The second-order valence-corrected chi connectivity index (χ2v) is 10.1. The molecule has 0 atom stereocenters. The zero-order valence-electron chi connectivity index (χ0n) is 19.5. The summed E-state index contributed by atoms with van der Waals surface area (Å²) in [5, 5.41) is 0. The number of aromatic nitrogens is 2. The lowest BCUT2D eigenvalue weighted by Crippen LogP contribution is -2.23. The number of benzene rings is 1. The fourth-order valence-electron chi connectivity index (χ4n) is 5.55. The van der Waals surface area contributed by atoms with Gasteiger partial charge in [-0.1, -0.05) is 51.9 Å². The predicted octanol–water partition coefficient (Wildman–Crippen LogP) is 7.79. The van der Waals surface area contributed by atoms with Gasteiger partial charge in [0.25, 0.3) is 0 Å². The molecule has 168 valence electrons. The molecule has 1 heterocycles. The summed E-state index contributed by atoms with van der Waals surface area (Å²) < 4.78 is 6.17. The van der Waals surface area contributed by atoms with Crippen LogP contribution in [0.2, 0.25) is 0 Å². The van der Waals surface area contributed by atoms with E-state index in [1.54, 1.807) is 0 Å². The fourth-order valence-corrected chi connectivity index (χ4v) is 5.55. The average molecular weight is 421 g/mol. The highest BCUT2D eigenvalue weighted by molar-refractivity contribution is 5.55. The summed E-state index contributed by atoms with van der Waals surface area (Å²) in [6.45, 7) is 3.16. The molecule has 2 aliphatic rings. The number of hydrogen-bond acceptors (Lipinski definition) is 3. The first-order chi connectivity index (χ1) is 15.3. The summed E-state index contributed by atoms with van der Waals surface area (Å²) >= 11 is 0. The van der Waals surface area contributed by atoms with Crippen molar-refractivity contribution in [3.05, 3.63) is 42.2 Å². The van der Waals surface area contributed by atoms with E-state index >= 15 is 0 Å². The van der Waals surface area contributed by atoms with Gasteiger partial charge in [-0.15, -0.1) is 0 Å². The highest BCUT2D eigenvalue weighted by Crippen LogP contribution is 2.54. The zero-order chi connectivity index (χ0) is 21.4.